The minimum atomic E-state index is 0. The van der Waals surface area contributed by atoms with Crippen LogP contribution < -0.4 is 5.73 Å². The Hall–Kier alpha value is -0.0300. The number of hydrogen-bond donors (Lipinski definition) is 1. The van der Waals surface area contributed by atoms with Gasteiger partial charge in [0.1, 0.15) is 0 Å². The Bertz CT molecular complexity index is 364. The molecular weight excluding hydrogens is 333 g/mol. The van der Waals surface area contributed by atoms with E-state index in [1.165, 1.54) is 51.6 Å². The predicted octanol–water partition coefficient (Wildman–Crippen LogP) is 2.82. The van der Waals surface area contributed by atoms with Crippen molar-refractivity contribution in [3.05, 3.63) is 0 Å². The van der Waals surface area contributed by atoms with E-state index in [0.717, 1.165) is 25.9 Å². The number of nitrogens with two attached hydrogens (primary N) is 1. The molecule has 3 rings (SSSR count). The average molecular weight is 366 g/mol. The van der Waals surface area contributed by atoms with E-state index in [-0.39, 0.29) is 30.9 Å². The lowest BCUT2D eigenvalue weighted by molar-refractivity contribution is -0.134. The van der Waals surface area contributed by atoms with Gasteiger partial charge >= 0.3 is 0 Å². The fraction of sp³-hybridized carbons (Fsp3) is 0.941. The first-order valence-electron chi connectivity index (χ1n) is 9.01. The van der Waals surface area contributed by atoms with Crippen LogP contribution in [0.3, 0.4) is 0 Å². The number of amides is 1. The zero-order chi connectivity index (χ0) is 14.7. The SMILES string of the molecule is Cl.Cl.NC1CCCCC1CC(=O)N1CCCC(N2CCCC2)C1. The minimum absolute atomic E-state index is 0. The maximum absolute atomic E-state index is 12.6. The highest BCUT2D eigenvalue weighted by Crippen LogP contribution is 2.27. The highest BCUT2D eigenvalue weighted by Gasteiger charge is 2.31. The van der Waals surface area contributed by atoms with Crippen molar-refractivity contribution in [2.75, 3.05) is 26.2 Å². The summed E-state index contributed by atoms with van der Waals surface area (Å²) in [4.78, 5) is 17.4. The lowest BCUT2D eigenvalue weighted by atomic mass is 9.82. The summed E-state index contributed by atoms with van der Waals surface area (Å²) in [6, 6.07) is 0.868. The van der Waals surface area contributed by atoms with Crippen molar-refractivity contribution >= 4 is 30.7 Å². The molecular formula is C17H33Cl2N3O. The number of hydrogen-bond acceptors (Lipinski definition) is 3. The van der Waals surface area contributed by atoms with Crippen molar-refractivity contribution < 1.29 is 4.79 Å². The van der Waals surface area contributed by atoms with Gasteiger partial charge in [-0.25, -0.2) is 0 Å². The smallest absolute Gasteiger partial charge is 0.222 e. The molecule has 0 aromatic carbocycles. The van der Waals surface area contributed by atoms with Gasteiger partial charge in [0.05, 0.1) is 0 Å². The fourth-order valence-electron chi connectivity index (χ4n) is 4.43. The lowest BCUT2D eigenvalue weighted by Crippen LogP contribution is -2.49. The van der Waals surface area contributed by atoms with Crippen LogP contribution in [0.1, 0.15) is 57.8 Å². The van der Waals surface area contributed by atoms with E-state index in [1.54, 1.807) is 0 Å². The number of piperidine rings is 1. The molecule has 2 saturated heterocycles. The summed E-state index contributed by atoms with van der Waals surface area (Å²) in [5.74, 6) is 0.791. The monoisotopic (exact) mass is 365 g/mol. The molecule has 0 bridgehead atoms. The molecule has 1 aliphatic carbocycles. The number of carbonyl (C=O) groups is 1. The zero-order valence-corrected chi connectivity index (χ0v) is 15.8. The average Bonchev–Trinajstić information content (AvgIpc) is 3.04. The summed E-state index contributed by atoms with van der Waals surface area (Å²) < 4.78 is 0. The molecule has 136 valence electrons. The normalized spacial score (nSPS) is 32.0. The fourth-order valence-corrected chi connectivity index (χ4v) is 4.43. The Labute approximate surface area is 153 Å². The quantitative estimate of drug-likeness (QED) is 0.836. The number of halogens is 2. The van der Waals surface area contributed by atoms with Crippen LogP contribution in [0.2, 0.25) is 0 Å². The second-order valence-electron chi connectivity index (χ2n) is 7.29. The number of rotatable bonds is 3. The summed E-state index contributed by atoms with van der Waals surface area (Å²) in [7, 11) is 0. The molecule has 1 amide bonds. The summed E-state index contributed by atoms with van der Waals surface area (Å²) in [5.41, 5.74) is 6.20. The molecule has 6 heteroatoms. The van der Waals surface area contributed by atoms with Crippen LogP contribution in [0.25, 0.3) is 0 Å². The molecule has 2 aliphatic heterocycles. The third kappa shape index (κ3) is 5.48. The second-order valence-corrected chi connectivity index (χ2v) is 7.29. The number of nitrogens with zero attached hydrogens (tertiary/aromatic N) is 2. The van der Waals surface area contributed by atoms with Crippen LogP contribution in [0.15, 0.2) is 0 Å². The van der Waals surface area contributed by atoms with E-state index < -0.39 is 0 Å². The van der Waals surface area contributed by atoms with Crippen molar-refractivity contribution in [2.24, 2.45) is 11.7 Å². The Morgan fingerprint density at radius 1 is 0.913 bits per heavy atom. The van der Waals surface area contributed by atoms with Crippen LogP contribution >= 0.6 is 24.8 Å². The molecule has 3 fully saturated rings. The Morgan fingerprint density at radius 2 is 1.61 bits per heavy atom. The molecule has 2 heterocycles. The topological polar surface area (TPSA) is 49.6 Å². The molecule has 3 unspecified atom stereocenters. The summed E-state index contributed by atoms with van der Waals surface area (Å²) >= 11 is 0. The van der Waals surface area contributed by atoms with Gasteiger partial charge in [0.2, 0.25) is 5.91 Å². The van der Waals surface area contributed by atoms with E-state index in [2.05, 4.69) is 9.80 Å². The third-order valence-electron chi connectivity index (χ3n) is 5.81. The third-order valence-corrected chi connectivity index (χ3v) is 5.81. The van der Waals surface area contributed by atoms with Gasteiger partial charge in [0.25, 0.3) is 0 Å². The molecule has 0 spiro atoms. The number of carbonyl (C=O) groups excluding carboxylic acids is 1. The van der Waals surface area contributed by atoms with Crippen molar-refractivity contribution in [1.29, 1.82) is 0 Å². The van der Waals surface area contributed by atoms with E-state index in [4.69, 9.17) is 5.73 Å². The first-order valence-corrected chi connectivity index (χ1v) is 9.01. The van der Waals surface area contributed by atoms with Crippen molar-refractivity contribution in [3.8, 4) is 0 Å². The highest BCUT2D eigenvalue weighted by atomic mass is 35.5. The second kappa shape index (κ2) is 10.1. The Kier molecular flexibility index (Phi) is 9.20. The molecule has 4 nitrogen and oxygen atoms in total. The van der Waals surface area contributed by atoms with Gasteiger partial charge in [-0.3, -0.25) is 9.69 Å². The van der Waals surface area contributed by atoms with Crippen LogP contribution in [0.4, 0.5) is 0 Å². The van der Waals surface area contributed by atoms with Crippen molar-refractivity contribution in [1.82, 2.24) is 9.80 Å². The Balaban J connectivity index is 0.00000132. The molecule has 0 radical (unpaired) electrons. The molecule has 0 aromatic rings. The summed E-state index contributed by atoms with van der Waals surface area (Å²) in [5, 5.41) is 0. The van der Waals surface area contributed by atoms with Crippen molar-refractivity contribution in [2.45, 2.75) is 69.9 Å². The number of likely N-dealkylation sites (tertiary alicyclic amines) is 2. The largest absolute Gasteiger partial charge is 0.341 e. The predicted molar refractivity (Wildman–Crippen MR) is 99.5 cm³/mol. The van der Waals surface area contributed by atoms with E-state index in [0.29, 0.717) is 24.3 Å². The zero-order valence-electron chi connectivity index (χ0n) is 14.1. The van der Waals surface area contributed by atoms with Crippen LogP contribution in [0.5, 0.6) is 0 Å². The summed E-state index contributed by atoms with van der Waals surface area (Å²) in [6.07, 6.45) is 10.5. The highest BCUT2D eigenvalue weighted by molar-refractivity contribution is 5.85. The van der Waals surface area contributed by atoms with Gasteiger partial charge in [-0.1, -0.05) is 12.8 Å². The van der Waals surface area contributed by atoms with Gasteiger partial charge in [-0.15, -0.1) is 24.8 Å². The molecule has 3 aliphatic rings. The summed E-state index contributed by atoms with van der Waals surface area (Å²) in [6.45, 7) is 4.40. The molecule has 0 aromatic heterocycles. The van der Waals surface area contributed by atoms with E-state index >= 15 is 0 Å². The van der Waals surface area contributed by atoms with Crippen molar-refractivity contribution in [3.63, 3.8) is 0 Å². The van der Waals surface area contributed by atoms with Gasteiger partial charge in [-0.2, -0.15) is 0 Å². The van der Waals surface area contributed by atoms with Gasteiger partial charge in [-0.05, 0) is 57.5 Å². The minimum Gasteiger partial charge on any atom is -0.341 e. The Morgan fingerprint density at radius 3 is 2.30 bits per heavy atom. The first-order chi connectivity index (χ1) is 10.2. The van der Waals surface area contributed by atoms with Crippen LogP contribution in [0, 0.1) is 5.92 Å². The van der Waals surface area contributed by atoms with E-state index in [9.17, 15) is 4.79 Å². The maximum atomic E-state index is 12.6. The molecule has 1 saturated carbocycles. The van der Waals surface area contributed by atoms with Gasteiger partial charge < -0.3 is 10.6 Å². The first kappa shape index (κ1) is 21.0. The molecule has 2 N–H and O–H groups in total. The van der Waals surface area contributed by atoms with Gasteiger partial charge in [0.15, 0.2) is 0 Å². The molecule has 3 atom stereocenters. The lowest BCUT2D eigenvalue weighted by Gasteiger charge is -2.38. The van der Waals surface area contributed by atoms with E-state index in [1.807, 2.05) is 0 Å². The van der Waals surface area contributed by atoms with Crippen LogP contribution in [-0.2, 0) is 4.79 Å². The molecule has 23 heavy (non-hydrogen) atoms. The standard InChI is InChI=1S/C17H31N3O.2ClH/c18-16-8-2-1-6-14(16)12-17(21)20-11-5-7-15(13-20)19-9-3-4-10-19;;/h14-16H,1-13,18H2;2*1H. The van der Waals surface area contributed by atoms with Gasteiger partial charge in [0, 0.05) is 31.6 Å². The van der Waals surface area contributed by atoms with Crippen LogP contribution in [-0.4, -0.2) is 54.0 Å². The maximum Gasteiger partial charge on any atom is 0.222 e.